The third-order valence-electron chi connectivity index (χ3n) is 3.40. The van der Waals surface area contributed by atoms with Crippen molar-refractivity contribution in [3.63, 3.8) is 0 Å². The Hall–Kier alpha value is -3.86. The molecule has 3 aromatic rings. The fraction of sp³-hybridized carbons (Fsp3) is 0.0588. The molecule has 0 aliphatic rings. The molecule has 0 saturated carbocycles. The summed E-state index contributed by atoms with van der Waals surface area (Å²) in [5, 5.41) is 19.4. The van der Waals surface area contributed by atoms with E-state index in [9.17, 15) is 20.0 Å². The summed E-state index contributed by atoms with van der Waals surface area (Å²) in [6, 6.07) is 11.7. The summed E-state index contributed by atoms with van der Waals surface area (Å²) < 4.78 is 4.89. The lowest BCUT2D eigenvalue weighted by Gasteiger charge is -2.05. The van der Waals surface area contributed by atoms with Crippen molar-refractivity contribution < 1.29 is 14.6 Å². The average Bonchev–Trinajstić information content (AvgIpc) is 3.04. The lowest BCUT2D eigenvalue weighted by molar-refractivity contribution is 0.0500. The van der Waals surface area contributed by atoms with Crippen molar-refractivity contribution in [2.45, 2.75) is 0 Å². The van der Waals surface area contributed by atoms with Gasteiger partial charge in [0.2, 0.25) is 0 Å². The molecule has 0 radical (unpaired) electrons. The first-order valence-corrected chi connectivity index (χ1v) is 7.22. The minimum Gasteiger partial charge on any atom is -0.507 e. The molecule has 0 aliphatic heterocycles. The van der Waals surface area contributed by atoms with Crippen LogP contribution in [0, 0.1) is 11.3 Å². The number of aromatic amines is 2. The van der Waals surface area contributed by atoms with Crippen LogP contribution in [0.5, 0.6) is 0 Å². The molecule has 8 nitrogen and oxygen atoms in total. The SMILES string of the molecule is N#CC(=C(O)COC(=O)c1ccc[nH]c1=O)c1nc2ccccc2[nH]1. The first-order chi connectivity index (χ1) is 12.1. The molecular weight excluding hydrogens is 324 g/mol. The molecule has 0 bridgehead atoms. The summed E-state index contributed by atoms with van der Waals surface area (Å²) in [6.07, 6.45) is 1.38. The number of benzene rings is 1. The Morgan fingerprint density at radius 2 is 2.08 bits per heavy atom. The number of nitrogens with one attached hydrogen (secondary N) is 2. The van der Waals surface area contributed by atoms with Crippen molar-refractivity contribution in [2.75, 3.05) is 6.61 Å². The maximum Gasteiger partial charge on any atom is 0.344 e. The summed E-state index contributed by atoms with van der Waals surface area (Å²) in [5.74, 6) is -1.22. The van der Waals surface area contributed by atoms with Gasteiger partial charge < -0.3 is 19.8 Å². The number of hydrogen-bond acceptors (Lipinski definition) is 6. The minimum absolute atomic E-state index is 0.147. The van der Waals surface area contributed by atoms with Crippen molar-refractivity contribution in [2.24, 2.45) is 0 Å². The molecule has 3 N–H and O–H groups in total. The van der Waals surface area contributed by atoms with Crippen LogP contribution in [0.2, 0.25) is 0 Å². The Morgan fingerprint density at radius 3 is 2.80 bits per heavy atom. The first kappa shape index (κ1) is 16.0. The number of nitriles is 1. The number of ether oxygens (including phenoxy) is 1. The minimum atomic E-state index is -0.907. The number of aliphatic hydroxyl groups excluding tert-OH is 1. The zero-order valence-corrected chi connectivity index (χ0v) is 12.8. The molecule has 0 spiro atoms. The Balaban J connectivity index is 1.82. The normalized spacial score (nSPS) is 11.6. The highest BCUT2D eigenvalue weighted by Crippen LogP contribution is 2.18. The summed E-state index contributed by atoms with van der Waals surface area (Å²) >= 11 is 0. The molecule has 0 saturated heterocycles. The third-order valence-corrected chi connectivity index (χ3v) is 3.40. The number of H-pyrrole nitrogens is 2. The maximum absolute atomic E-state index is 11.9. The number of carbonyl (C=O) groups is 1. The van der Waals surface area contributed by atoms with Gasteiger partial charge >= 0.3 is 5.97 Å². The van der Waals surface area contributed by atoms with Crippen LogP contribution in [0.1, 0.15) is 16.2 Å². The monoisotopic (exact) mass is 336 g/mol. The van der Waals surface area contributed by atoms with Crippen LogP contribution in [-0.2, 0) is 4.74 Å². The van der Waals surface area contributed by atoms with Gasteiger partial charge in [-0.25, -0.2) is 9.78 Å². The fourth-order valence-corrected chi connectivity index (χ4v) is 2.19. The molecule has 0 aliphatic carbocycles. The number of rotatable bonds is 4. The van der Waals surface area contributed by atoms with Gasteiger partial charge in [0, 0.05) is 6.20 Å². The Morgan fingerprint density at radius 1 is 1.28 bits per heavy atom. The van der Waals surface area contributed by atoms with E-state index in [0.29, 0.717) is 11.0 Å². The Bertz CT molecular complexity index is 1040. The standard InChI is InChI=1S/C17H12N4O4/c18-8-11(15-20-12-5-1-2-6-13(12)21-15)14(22)9-25-17(24)10-4-3-7-19-16(10)23/h1-7,22H,9H2,(H,19,23)(H,20,21). The van der Waals surface area contributed by atoms with Crippen molar-refractivity contribution in [1.82, 2.24) is 15.0 Å². The number of allylic oxidation sites excluding steroid dienone is 1. The van der Waals surface area contributed by atoms with Crippen LogP contribution in [0.25, 0.3) is 16.6 Å². The lowest BCUT2D eigenvalue weighted by atomic mass is 10.2. The van der Waals surface area contributed by atoms with E-state index < -0.39 is 23.9 Å². The molecule has 0 fully saturated rings. The number of imidazole rings is 1. The van der Waals surface area contributed by atoms with Crippen molar-refractivity contribution in [1.29, 1.82) is 5.26 Å². The third kappa shape index (κ3) is 3.25. The predicted molar refractivity (Wildman–Crippen MR) is 88.6 cm³/mol. The van der Waals surface area contributed by atoms with Gasteiger partial charge in [-0.3, -0.25) is 4.79 Å². The zero-order chi connectivity index (χ0) is 17.8. The van der Waals surface area contributed by atoms with E-state index in [2.05, 4.69) is 15.0 Å². The van der Waals surface area contributed by atoms with Gasteiger partial charge in [0.1, 0.15) is 23.8 Å². The Labute approximate surface area is 141 Å². The number of aromatic nitrogens is 3. The van der Waals surface area contributed by atoms with Gasteiger partial charge in [-0.15, -0.1) is 0 Å². The molecule has 124 valence electrons. The predicted octanol–water partition coefficient (Wildman–Crippen LogP) is 1.90. The summed E-state index contributed by atoms with van der Waals surface area (Å²) in [7, 11) is 0. The van der Waals surface area contributed by atoms with E-state index in [0.717, 1.165) is 0 Å². The molecular formula is C17H12N4O4. The second-order valence-electron chi connectivity index (χ2n) is 5.03. The van der Waals surface area contributed by atoms with Crippen LogP contribution in [0.4, 0.5) is 0 Å². The lowest BCUT2D eigenvalue weighted by Crippen LogP contribution is -2.19. The van der Waals surface area contributed by atoms with E-state index in [-0.39, 0.29) is 17.0 Å². The molecule has 3 rings (SSSR count). The van der Waals surface area contributed by atoms with E-state index in [1.165, 1.54) is 18.3 Å². The largest absolute Gasteiger partial charge is 0.507 e. The number of fused-ring (bicyclic) bond motifs is 1. The topological polar surface area (TPSA) is 132 Å². The molecule has 2 heterocycles. The highest BCUT2D eigenvalue weighted by molar-refractivity contribution is 5.89. The van der Waals surface area contributed by atoms with Crippen LogP contribution in [0.15, 0.2) is 53.1 Å². The smallest absolute Gasteiger partial charge is 0.344 e. The van der Waals surface area contributed by atoms with E-state index in [1.807, 2.05) is 6.07 Å². The van der Waals surface area contributed by atoms with Crippen LogP contribution >= 0.6 is 0 Å². The van der Waals surface area contributed by atoms with Gasteiger partial charge in [-0.05, 0) is 24.3 Å². The van der Waals surface area contributed by atoms with Gasteiger partial charge in [-0.2, -0.15) is 5.26 Å². The zero-order valence-electron chi connectivity index (χ0n) is 12.8. The summed E-state index contributed by atoms with van der Waals surface area (Å²) in [6.45, 7) is -0.562. The van der Waals surface area contributed by atoms with Crippen molar-refractivity contribution in [3.05, 3.63) is 70.1 Å². The van der Waals surface area contributed by atoms with Crippen LogP contribution in [0.3, 0.4) is 0 Å². The second-order valence-corrected chi connectivity index (χ2v) is 5.03. The number of hydrogen-bond donors (Lipinski definition) is 3. The molecule has 2 aromatic heterocycles. The number of pyridine rings is 1. The van der Waals surface area contributed by atoms with E-state index in [1.54, 1.807) is 24.3 Å². The number of aliphatic hydroxyl groups is 1. The first-order valence-electron chi connectivity index (χ1n) is 7.22. The summed E-state index contributed by atoms with van der Waals surface area (Å²) in [4.78, 5) is 32.9. The van der Waals surface area contributed by atoms with Crippen LogP contribution < -0.4 is 5.56 Å². The summed E-state index contributed by atoms with van der Waals surface area (Å²) in [5.41, 5.74) is 0.383. The number of carbonyl (C=O) groups excluding carboxylic acids is 1. The van der Waals surface area contributed by atoms with Crippen molar-refractivity contribution in [3.8, 4) is 6.07 Å². The number of nitrogens with zero attached hydrogens (tertiary/aromatic N) is 2. The average molecular weight is 336 g/mol. The van der Waals surface area contributed by atoms with Gasteiger partial charge in [-0.1, -0.05) is 12.1 Å². The Kier molecular flexibility index (Phi) is 4.30. The quantitative estimate of drug-likeness (QED) is 0.379. The highest BCUT2D eigenvalue weighted by Gasteiger charge is 2.16. The number of para-hydroxylation sites is 2. The molecule has 0 amide bonds. The number of esters is 1. The molecule has 1 aromatic carbocycles. The van der Waals surface area contributed by atoms with Crippen LogP contribution in [-0.4, -0.2) is 32.6 Å². The molecule has 8 heteroatoms. The molecule has 0 unspecified atom stereocenters. The van der Waals surface area contributed by atoms with E-state index in [4.69, 9.17) is 4.74 Å². The second kappa shape index (κ2) is 6.72. The van der Waals surface area contributed by atoms with Gasteiger partial charge in [0.25, 0.3) is 5.56 Å². The van der Waals surface area contributed by atoms with Gasteiger partial charge in [0.15, 0.2) is 11.6 Å². The van der Waals surface area contributed by atoms with Gasteiger partial charge in [0.05, 0.1) is 11.0 Å². The molecule has 0 atom stereocenters. The highest BCUT2D eigenvalue weighted by atomic mass is 16.5. The fourth-order valence-electron chi connectivity index (χ4n) is 2.19. The van der Waals surface area contributed by atoms with E-state index >= 15 is 0 Å². The maximum atomic E-state index is 11.9. The van der Waals surface area contributed by atoms with Crippen molar-refractivity contribution >= 4 is 22.6 Å². The molecule has 25 heavy (non-hydrogen) atoms.